The predicted octanol–water partition coefficient (Wildman–Crippen LogP) is 1.78. The number of hydrogen-bond acceptors (Lipinski definition) is 4. The van der Waals surface area contributed by atoms with E-state index in [1.807, 2.05) is 33.9 Å². The topological polar surface area (TPSA) is 81.8 Å². The van der Waals surface area contributed by atoms with E-state index in [2.05, 4.69) is 14.9 Å². The largest absolute Gasteiger partial charge is 0.272 e. The second kappa shape index (κ2) is 6.21. The second-order valence-corrected chi connectivity index (χ2v) is 6.96. The van der Waals surface area contributed by atoms with Gasteiger partial charge in [-0.25, -0.2) is 13.1 Å². The highest BCUT2D eigenvalue weighted by Crippen LogP contribution is 2.21. The van der Waals surface area contributed by atoms with Crippen LogP contribution in [0.25, 0.3) is 0 Å². The fraction of sp³-hybridized carbons (Fsp3) is 0.571. The van der Waals surface area contributed by atoms with Crippen LogP contribution in [-0.4, -0.2) is 28.0 Å². The summed E-state index contributed by atoms with van der Waals surface area (Å²) >= 11 is 0. The van der Waals surface area contributed by atoms with Gasteiger partial charge in [-0.05, 0) is 34.6 Å². The summed E-state index contributed by atoms with van der Waals surface area (Å²) in [5.41, 5.74) is 2.35. The van der Waals surface area contributed by atoms with Crippen LogP contribution in [0.4, 0.5) is 0 Å². The normalized spacial score (nSPS) is 13.5. The summed E-state index contributed by atoms with van der Waals surface area (Å²) in [6.07, 6.45) is 3.28. The van der Waals surface area contributed by atoms with Gasteiger partial charge < -0.3 is 0 Å². The molecule has 0 aliphatic carbocycles. The Balaban J connectivity index is 2.27. The van der Waals surface area contributed by atoms with Gasteiger partial charge >= 0.3 is 0 Å². The molecule has 0 radical (unpaired) electrons. The van der Waals surface area contributed by atoms with Crippen LogP contribution >= 0.6 is 0 Å². The zero-order valence-electron chi connectivity index (χ0n) is 13.7. The maximum Gasteiger partial charge on any atom is 0.244 e. The maximum absolute atomic E-state index is 12.6. The van der Waals surface area contributed by atoms with E-state index < -0.39 is 10.0 Å². The molecule has 0 saturated carbocycles. The molecule has 0 bridgehead atoms. The molecule has 122 valence electrons. The Morgan fingerprint density at radius 2 is 1.95 bits per heavy atom. The van der Waals surface area contributed by atoms with E-state index in [-0.39, 0.29) is 10.9 Å². The van der Waals surface area contributed by atoms with E-state index in [0.29, 0.717) is 12.2 Å². The van der Waals surface area contributed by atoms with Gasteiger partial charge in [-0.3, -0.25) is 9.36 Å². The van der Waals surface area contributed by atoms with Gasteiger partial charge in [0.15, 0.2) is 0 Å². The first-order chi connectivity index (χ1) is 10.3. The summed E-state index contributed by atoms with van der Waals surface area (Å²) in [4.78, 5) is 0.224. The van der Waals surface area contributed by atoms with Gasteiger partial charge in [0.2, 0.25) is 10.0 Å². The molecule has 2 heterocycles. The summed E-state index contributed by atoms with van der Waals surface area (Å²) in [5.74, 6) is 0. The third-order valence-electron chi connectivity index (χ3n) is 3.75. The van der Waals surface area contributed by atoms with Crippen LogP contribution in [0.2, 0.25) is 0 Å². The molecule has 1 N–H and O–H groups in total. The Bertz CT molecular complexity index is 760. The van der Waals surface area contributed by atoms with Crippen LogP contribution in [0.5, 0.6) is 0 Å². The Morgan fingerprint density at radius 1 is 1.27 bits per heavy atom. The molecule has 0 aliphatic heterocycles. The second-order valence-electron chi connectivity index (χ2n) is 5.28. The summed E-state index contributed by atoms with van der Waals surface area (Å²) in [6.45, 7) is 10.8. The number of aryl methyl sites for hydroxylation is 3. The highest BCUT2D eigenvalue weighted by Gasteiger charge is 2.24. The summed E-state index contributed by atoms with van der Waals surface area (Å²) in [7, 11) is -3.61. The van der Waals surface area contributed by atoms with Gasteiger partial charge in [-0.1, -0.05) is 0 Å². The van der Waals surface area contributed by atoms with Crippen LogP contribution in [0.3, 0.4) is 0 Å². The minimum Gasteiger partial charge on any atom is -0.272 e. The van der Waals surface area contributed by atoms with Gasteiger partial charge in [0.1, 0.15) is 4.90 Å². The van der Waals surface area contributed by atoms with Crippen molar-refractivity contribution in [1.82, 2.24) is 24.3 Å². The molecule has 0 amide bonds. The number of hydrogen-bond donors (Lipinski definition) is 1. The quantitative estimate of drug-likeness (QED) is 0.877. The fourth-order valence-electron chi connectivity index (χ4n) is 2.49. The van der Waals surface area contributed by atoms with Crippen molar-refractivity contribution in [3.8, 4) is 0 Å². The SMILES string of the molecule is CCn1cc(C(C)NS(=O)(=O)c2cnn(CC)c2C)c(C)n1. The zero-order valence-corrected chi connectivity index (χ0v) is 14.5. The van der Waals surface area contributed by atoms with Gasteiger partial charge in [0.25, 0.3) is 0 Å². The predicted molar refractivity (Wildman–Crippen MR) is 84.0 cm³/mol. The van der Waals surface area contributed by atoms with Crippen LogP contribution in [0.15, 0.2) is 17.3 Å². The molecule has 2 aromatic rings. The third kappa shape index (κ3) is 3.07. The van der Waals surface area contributed by atoms with E-state index in [0.717, 1.165) is 17.8 Å². The van der Waals surface area contributed by atoms with Crippen LogP contribution in [0, 0.1) is 13.8 Å². The van der Waals surface area contributed by atoms with Crippen molar-refractivity contribution in [3.63, 3.8) is 0 Å². The minimum absolute atomic E-state index is 0.224. The summed E-state index contributed by atoms with van der Waals surface area (Å²) in [6, 6.07) is -0.352. The van der Waals surface area contributed by atoms with E-state index in [1.54, 1.807) is 16.3 Å². The van der Waals surface area contributed by atoms with Gasteiger partial charge in [0, 0.05) is 30.9 Å². The molecule has 22 heavy (non-hydrogen) atoms. The lowest BCUT2D eigenvalue weighted by Crippen LogP contribution is -2.27. The standard InChI is InChI=1S/C14H23N5O2S/c1-6-18-9-13(10(3)16-18)11(4)17-22(20,21)14-8-15-19(7-2)12(14)5/h8-9,11,17H,6-7H2,1-5H3. The van der Waals surface area contributed by atoms with E-state index >= 15 is 0 Å². The highest BCUT2D eigenvalue weighted by molar-refractivity contribution is 7.89. The molecule has 0 aromatic carbocycles. The Morgan fingerprint density at radius 3 is 2.45 bits per heavy atom. The Labute approximate surface area is 131 Å². The van der Waals surface area contributed by atoms with Crippen molar-refractivity contribution in [3.05, 3.63) is 29.3 Å². The average molecular weight is 325 g/mol. The van der Waals surface area contributed by atoms with Gasteiger partial charge in [-0.15, -0.1) is 0 Å². The van der Waals surface area contributed by atoms with Gasteiger partial charge in [-0.2, -0.15) is 10.2 Å². The van der Waals surface area contributed by atoms with E-state index in [4.69, 9.17) is 0 Å². The Kier molecular flexibility index (Phi) is 4.72. The molecule has 2 rings (SSSR count). The monoisotopic (exact) mass is 325 g/mol. The number of aromatic nitrogens is 4. The highest BCUT2D eigenvalue weighted by atomic mass is 32.2. The molecular weight excluding hydrogens is 302 g/mol. The molecule has 1 unspecified atom stereocenters. The molecule has 0 aliphatic rings. The maximum atomic E-state index is 12.6. The fourth-order valence-corrected chi connectivity index (χ4v) is 3.89. The lowest BCUT2D eigenvalue weighted by Gasteiger charge is -2.13. The first kappa shape index (κ1) is 16.7. The van der Waals surface area contributed by atoms with Crippen LogP contribution in [0.1, 0.15) is 43.8 Å². The van der Waals surface area contributed by atoms with E-state index in [9.17, 15) is 8.42 Å². The molecular formula is C14H23N5O2S. The van der Waals surface area contributed by atoms with Crippen LogP contribution < -0.4 is 4.72 Å². The molecule has 0 fully saturated rings. The van der Waals surface area contributed by atoms with Crippen molar-refractivity contribution in [2.75, 3.05) is 0 Å². The number of rotatable bonds is 6. The number of nitrogens with one attached hydrogen (secondary N) is 1. The Hall–Kier alpha value is -1.67. The third-order valence-corrected chi connectivity index (χ3v) is 5.40. The first-order valence-corrected chi connectivity index (χ1v) is 8.87. The molecule has 7 nitrogen and oxygen atoms in total. The van der Waals surface area contributed by atoms with Crippen molar-refractivity contribution >= 4 is 10.0 Å². The smallest absolute Gasteiger partial charge is 0.244 e. The number of nitrogens with zero attached hydrogens (tertiary/aromatic N) is 4. The lowest BCUT2D eigenvalue weighted by molar-refractivity contribution is 0.564. The van der Waals surface area contributed by atoms with Crippen molar-refractivity contribution in [2.24, 2.45) is 0 Å². The average Bonchev–Trinajstić information content (AvgIpc) is 3.01. The zero-order chi connectivity index (χ0) is 16.5. The first-order valence-electron chi connectivity index (χ1n) is 7.38. The minimum atomic E-state index is -3.61. The molecule has 2 aromatic heterocycles. The van der Waals surface area contributed by atoms with E-state index in [1.165, 1.54) is 6.20 Å². The molecule has 1 atom stereocenters. The molecule has 0 saturated heterocycles. The summed E-state index contributed by atoms with van der Waals surface area (Å²) in [5, 5.41) is 8.45. The lowest BCUT2D eigenvalue weighted by atomic mass is 10.1. The van der Waals surface area contributed by atoms with Crippen molar-refractivity contribution in [1.29, 1.82) is 0 Å². The van der Waals surface area contributed by atoms with Crippen LogP contribution in [-0.2, 0) is 23.1 Å². The van der Waals surface area contributed by atoms with Gasteiger partial charge in [0.05, 0.1) is 17.6 Å². The molecule has 0 spiro atoms. The van der Waals surface area contributed by atoms with Crippen molar-refractivity contribution < 1.29 is 8.42 Å². The molecule has 8 heteroatoms. The summed E-state index contributed by atoms with van der Waals surface area (Å²) < 4.78 is 31.3. The van der Waals surface area contributed by atoms with Crippen molar-refractivity contribution in [2.45, 2.75) is 58.6 Å². The number of sulfonamides is 1.